The number of amides is 1. The number of hydrogen-bond donors (Lipinski definition) is 1. The van der Waals surface area contributed by atoms with E-state index in [2.05, 4.69) is 15.3 Å². The first-order chi connectivity index (χ1) is 10.8. The van der Waals surface area contributed by atoms with Crippen LogP contribution >= 0.6 is 0 Å². The van der Waals surface area contributed by atoms with Gasteiger partial charge in [0.05, 0.1) is 31.7 Å². The van der Waals surface area contributed by atoms with Crippen LogP contribution in [0.2, 0.25) is 0 Å². The lowest BCUT2D eigenvalue weighted by atomic mass is 10.1. The molecule has 1 aliphatic rings. The number of rotatable bonds is 5. The topological polar surface area (TPSA) is 86.5 Å². The molecule has 7 nitrogen and oxygen atoms in total. The van der Waals surface area contributed by atoms with Gasteiger partial charge in [-0.25, -0.2) is 9.78 Å². The Labute approximate surface area is 127 Å². The number of hydrogen-bond acceptors (Lipinski definition) is 6. The van der Waals surface area contributed by atoms with Gasteiger partial charge < -0.3 is 19.2 Å². The SMILES string of the molecule is O=C(NCc1nccnc1-c1ccco1)OCC1CCOC1. The zero-order chi connectivity index (χ0) is 15.2. The molecule has 3 heterocycles. The Bertz CT molecular complexity index is 609. The average Bonchev–Trinajstić information content (AvgIpc) is 3.24. The zero-order valence-corrected chi connectivity index (χ0v) is 12.0. The first-order valence-electron chi connectivity index (χ1n) is 7.15. The molecule has 116 valence electrons. The minimum Gasteiger partial charge on any atom is -0.463 e. The summed E-state index contributed by atoms with van der Waals surface area (Å²) in [5, 5.41) is 2.68. The molecule has 2 aromatic rings. The number of nitrogens with zero attached hydrogens (tertiary/aromatic N) is 2. The van der Waals surface area contributed by atoms with Crippen LogP contribution in [0.4, 0.5) is 4.79 Å². The highest BCUT2D eigenvalue weighted by Gasteiger charge is 2.18. The molecule has 1 fully saturated rings. The average molecular weight is 303 g/mol. The molecule has 0 radical (unpaired) electrons. The van der Waals surface area contributed by atoms with Crippen LogP contribution in [0.5, 0.6) is 0 Å². The van der Waals surface area contributed by atoms with Gasteiger partial charge in [-0.05, 0) is 18.6 Å². The fraction of sp³-hybridized carbons (Fsp3) is 0.400. The van der Waals surface area contributed by atoms with Crippen LogP contribution < -0.4 is 5.32 Å². The molecule has 1 aliphatic heterocycles. The van der Waals surface area contributed by atoms with Crippen molar-refractivity contribution < 1.29 is 18.7 Å². The van der Waals surface area contributed by atoms with Gasteiger partial charge in [0.1, 0.15) is 5.69 Å². The van der Waals surface area contributed by atoms with E-state index in [1.807, 2.05) is 0 Å². The number of furan rings is 1. The Morgan fingerprint density at radius 1 is 1.41 bits per heavy atom. The second kappa shape index (κ2) is 7.04. The van der Waals surface area contributed by atoms with Gasteiger partial charge in [-0.3, -0.25) is 4.98 Å². The van der Waals surface area contributed by atoms with Crippen LogP contribution in [-0.2, 0) is 16.0 Å². The Morgan fingerprint density at radius 3 is 3.09 bits per heavy atom. The van der Waals surface area contributed by atoms with Crippen molar-refractivity contribution in [2.75, 3.05) is 19.8 Å². The monoisotopic (exact) mass is 303 g/mol. The maximum absolute atomic E-state index is 11.7. The Balaban J connectivity index is 1.54. The number of carbonyl (C=O) groups excluding carboxylic acids is 1. The van der Waals surface area contributed by atoms with E-state index in [0.29, 0.717) is 36.3 Å². The third-order valence-corrected chi connectivity index (χ3v) is 3.40. The van der Waals surface area contributed by atoms with Gasteiger partial charge in [-0.15, -0.1) is 0 Å². The van der Waals surface area contributed by atoms with Crippen molar-refractivity contribution in [3.63, 3.8) is 0 Å². The molecule has 7 heteroatoms. The molecule has 0 saturated carbocycles. The molecule has 3 rings (SSSR count). The largest absolute Gasteiger partial charge is 0.463 e. The molecule has 1 atom stereocenters. The van der Waals surface area contributed by atoms with Crippen molar-refractivity contribution in [1.29, 1.82) is 0 Å². The molecule has 2 aromatic heterocycles. The third kappa shape index (κ3) is 3.62. The number of alkyl carbamates (subject to hydrolysis) is 1. The lowest BCUT2D eigenvalue weighted by Gasteiger charge is -2.10. The Kier molecular flexibility index (Phi) is 4.65. The predicted molar refractivity (Wildman–Crippen MR) is 76.8 cm³/mol. The second-order valence-electron chi connectivity index (χ2n) is 5.01. The molecule has 1 amide bonds. The summed E-state index contributed by atoms with van der Waals surface area (Å²) in [5.41, 5.74) is 1.23. The molecule has 0 bridgehead atoms. The maximum atomic E-state index is 11.7. The highest BCUT2D eigenvalue weighted by atomic mass is 16.6. The fourth-order valence-electron chi connectivity index (χ4n) is 2.23. The van der Waals surface area contributed by atoms with Gasteiger partial charge in [-0.2, -0.15) is 0 Å². The highest BCUT2D eigenvalue weighted by Crippen LogP contribution is 2.19. The summed E-state index contributed by atoms with van der Waals surface area (Å²) < 4.78 is 15.7. The van der Waals surface area contributed by atoms with E-state index in [-0.39, 0.29) is 6.54 Å². The van der Waals surface area contributed by atoms with E-state index in [0.717, 1.165) is 13.0 Å². The van der Waals surface area contributed by atoms with E-state index >= 15 is 0 Å². The van der Waals surface area contributed by atoms with Crippen LogP contribution in [0.3, 0.4) is 0 Å². The fourth-order valence-corrected chi connectivity index (χ4v) is 2.23. The van der Waals surface area contributed by atoms with Gasteiger partial charge in [0.2, 0.25) is 0 Å². The van der Waals surface area contributed by atoms with Crippen molar-refractivity contribution >= 4 is 6.09 Å². The van der Waals surface area contributed by atoms with Crippen LogP contribution in [0, 0.1) is 5.92 Å². The van der Waals surface area contributed by atoms with Gasteiger partial charge in [-0.1, -0.05) is 0 Å². The highest BCUT2D eigenvalue weighted by molar-refractivity contribution is 5.67. The molecule has 0 aromatic carbocycles. The smallest absolute Gasteiger partial charge is 0.407 e. The van der Waals surface area contributed by atoms with Crippen LogP contribution in [0.15, 0.2) is 35.2 Å². The quantitative estimate of drug-likeness (QED) is 0.909. The van der Waals surface area contributed by atoms with Gasteiger partial charge in [0, 0.05) is 24.9 Å². The molecule has 1 N–H and O–H groups in total. The molecule has 22 heavy (non-hydrogen) atoms. The van der Waals surface area contributed by atoms with Crippen molar-refractivity contribution in [3.8, 4) is 11.5 Å². The molecule has 1 unspecified atom stereocenters. The molecular weight excluding hydrogens is 286 g/mol. The summed E-state index contributed by atoms with van der Waals surface area (Å²) >= 11 is 0. The van der Waals surface area contributed by atoms with Crippen LogP contribution in [0.25, 0.3) is 11.5 Å². The van der Waals surface area contributed by atoms with Gasteiger partial charge in [0.15, 0.2) is 5.76 Å². The Morgan fingerprint density at radius 2 is 2.32 bits per heavy atom. The summed E-state index contributed by atoms with van der Waals surface area (Å²) in [4.78, 5) is 20.2. The minimum absolute atomic E-state index is 0.226. The molecule has 0 spiro atoms. The van der Waals surface area contributed by atoms with Gasteiger partial charge in [0.25, 0.3) is 0 Å². The van der Waals surface area contributed by atoms with Gasteiger partial charge >= 0.3 is 6.09 Å². The predicted octanol–water partition coefficient (Wildman–Crippen LogP) is 2.00. The zero-order valence-electron chi connectivity index (χ0n) is 12.0. The number of carbonyl (C=O) groups is 1. The standard InChI is InChI=1S/C15H17N3O4/c19-15(22-10-11-3-7-20-9-11)18-8-12-14(17-5-4-16-12)13-2-1-6-21-13/h1-2,4-6,11H,3,7-10H2,(H,18,19). The van der Waals surface area contributed by atoms with E-state index < -0.39 is 6.09 Å². The summed E-state index contributed by atoms with van der Waals surface area (Å²) in [6.45, 7) is 1.99. The minimum atomic E-state index is -0.469. The van der Waals surface area contributed by atoms with Crippen molar-refractivity contribution in [1.82, 2.24) is 15.3 Å². The van der Waals surface area contributed by atoms with Crippen molar-refractivity contribution in [2.45, 2.75) is 13.0 Å². The number of nitrogens with one attached hydrogen (secondary N) is 1. The summed E-state index contributed by atoms with van der Waals surface area (Å²) in [7, 11) is 0. The number of ether oxygens (including phenoxy) is 2. The number of aromatic nitrogens is 2. The van der Waals surface area contributed by atoms with E-state index in [9.17, 15) is 4.79 Å². The van der Waals surface area contributed by atoms with E-state index in [1.165, 1.54) is 0 Å². The Hall–Kier alpha value is -2.41. The van der Waals surface area contributed by atoms with E-state index in [1.54, 1.807) is 30.8 Å². The maximum Gasteiger partial charge on any atom is 0.407 e. The summed E-state index contributed by atoms with van der Waals surface area (Å²) in [6, 6.07) is 3.57. The van der Waals surface area contributed by atoms with Crippen molar-refractivity contribution in [3.05, 3.63) is 36.5 Å². The lowest BCUT2D eigenvalue weighted by Crippen LogP contribution is -2.27. The molecule has 1 saturated heterocycles. The normalized spacial score (nSPS) is 17.4. The van der Waals surface area contributed by atoms with Crippen LogP contribution in [-0.4, -0.2) is 35.9 Å². The first-order valence-corrected chi connectivity index (χ1v) is 7.15. The van der Waals surface area contributed by atoms with E-state index in [4.69, 9.17) is 13.9 Å². The summed E-state index contributed by atoms with van der Waals surface area (Å²) in [5.74, 6) is 0.905. The molecule has 0 aliphatic carbocycles. The molecular formula is C15H17N3O4. The van der Waals surface area contributed by atoms with Crippen LogP contribution in [0.1, 0.15) is 12.1 Å². The lowest BCUT2D eigenvalue weighted by molar-refractivity contribution is 0.116. The van der Waals surface area contributed by atoms with Crippen molar-refractivity contribution in [2.24, 2.45) is 5.92 Å². The summed E-state index contributed by atoms with van der Waals surface area (Å²) in [6.07, 6.45) is 5.19. The second-order valence-corrected chi connectivity index (χ2v) is 5.01. The first kappa shape index (κ1) is 14.5. The third-order valence-electron chi connectivity index (χ3n) is 3.40.